The van der Waals surface area contributed by atoms with Crippen molar-refractivity contribution in [3.63, 3.8) is 0 Å². The summed E-state index contributed by atoms with van der Waals surface area (Å²) in [5.74, 6) is -2.13. The maximum atomic E-state index is 12.2. The predicted molar refractivity (Wildman–Crippen MR) is 80.4 cm³/mol. The van der Waals surface area contributed by atoms with E-state index in [1.165, 1.54) is 0 Å². The number of carboxylic acids is 1. The zero-order valence-electron chi connectivity index (χ0n) is 12.1. The van der Waals surface area contributed by atoms with E-state index in [0.717, 1.165) is 0 Å². The molecule has 1 aliphatic rings. The maximum Gasteiger partial charge on any atom is 0.308 e. The number of piperidine rings is 1. The molecule has 2 amide bonds. The molecule has 7 nitrogen and oxygen atoms in total. The fourth-order valence-electron chi connectivity index (χ4n) is 2.54. The van der Waals surface area contributed by atoms with Crippen molar-refractivity contribution < 1.29 is 19.5 Å². The van der Waals surface area contributed by atoms with Crippen molar-refractivity contribution in [3.05, 3.63) is 29.8 Å². The SMILES string of the molecule is NC(=O)c1ccccc1NCC(=O)N1CCCC(C(=O)O)C1. The van der Waals surface area contributed by atoms with Crippen LogP contribution in [0.25, 0.3) is 0 Å². The highest BCUT2D eigenvalue weighted by molar-refractivity contribution is 5.99. The van der Waals surface area contributed by atoms with Crippen LogP contribution in [0.15, 0.2) is 24.3 Å². The topological polar surface area (TPSA) is 113 Å². The normalized spacial score (nSPS) is 17.8. The van der Waals surface area contributed by atoms with Gasteiger partial charge in [0.15, 0.2) is 0 Å². The van der Waals surface area contributed by atoms with E-state index in [1.807, 2.05) is 0 Å². The maximum absolute atomic E-state index is 12.2. The largest absolute Gasteiger partial charge is 0.481 e. The molecule has 1 saturated heterocycles. The number of hydrogen-bond acceptors (Lipinski definition) is 4. The average Bonchev–Trinajstić information content (AvgIpc) is 2.52. The summed E-state index contributed by atoms with van der Waals surface area (Å²) in [6.07, 6.45) is 1.28. The Bertz CT molecular complexity index is 588. The number of carbonyl (C=O) groups excluding carboxylic acids is 2. The lowest BCUT2D eigenvalue weighted by Gasteiger charge is -2.31. The van der Waals surface area contributed by atoms with Crippen LogP contribution in [0, 0.1) is 5.92 Å². The van der Waals surface area contributed by atoms with Crippen molar-refractivity contribution >= 4 is 23.5 Å². The Labute approximate surface area is 128 Å². The van der Waals surface area contributed by atoms with Gasteiger partial charge in [-0.25, -0.2) is 0 Å². The van der Waals surface area contributed by atoms with E-state index in [-0.39, 0.29) is 19.0 Å². The summed E-state index contributed by atoms with van der Waals surface area (Å²) in [5, 5.41) is 11.9. The third-order valence-corrected chi connectivity index (χ3v) is 3.75. The fraction of sp³-hybridized carbons (Fsp3) is 0.400. The van der Waals surface area contributed by atoms with Crippen LogP contribution in [0.4, 0.5) is 5.69 Å². The zero-order valence-corrected chi connectivity index (χ0v) is 12.1. The van der Waals surface area contributed by atoms with Crippen LogP contribution in [0.1, 0.15) is 23.2 Å². The molecule has 1 unspecified atom stereocenters. The molecule has 118 valence electrons. The lowest BCUT2D eigenvalue weighted by atomic mass is 9.98. The minimum Gasteiger partial charge on any atom is -0.481 e. The van der Waals surface area contributed by atoms with Crippen LogP contribution in [-0.2, 0) is 9.59 Å². The first-order valence-corrected chi connectivity index (χ1v) is 7.12. The number of aliphatic carboxylic acids is 1. The van der Waals surface area contributed by atoms with Crippen LogP contribution < -0.4 is 11.1 Å². The number of anilines is 1. The van der Waals surface area contributed by atoms with E-state index in [1.54, 1.807) is 29.2 Å². The van der Waals surface area contributed by atoms with Crippen molar-refractivity contribution in [1.82, 2.24) is 4.90 Å². The zero-order chi connectivity index (χ0) is 16.1. The molecule has 0 saturated carbocycles. The third-order valence-electron chi connectivity index (χ3n) is 3.75. The van der Waals surface area contributed by atoms with Crippen LogP contribution in [0.3, 0.4) is 0 Å². The van der Waals surface area contributed by atoms with Crippen molar-refractivity contribution in [3.8, 4) is 0 Å². The van der Waals surface area contributed by atoms with Gasteiger partial charge in [-0.15, -0.1) is 0 Å². The molecule has 22 heavy (non-hydrogen) atoms. The van der Waals surface area contributed by atoms with E-state index in [2.05, 4.69) is 5.32 Å². The van der Waals surface area contributed by atoms with Gasteiger partial charge in [0, 0.05) is 18.8 Å². The summed E-state index contributed by atoms with van der Waals surface area (Å²) in [6, 6.07) is 6.68. The number of nitrogens with zero attached hydrogens (tertiary/aromatic N) is 1. The van der Waals surface area contributed by atoms with E-state index < -0.39 is 17.8 Å². The lowest BCUT2D eigenvalue weighted by molar-refractivity contribution is -0.145. The van der Waals surface area contributed by atoms with Crippen LogP contribution in [0.2, 0.25) is 0 Å². The third kappa shape index (κ3) is 3.75. The number of nitrogens with one attached hydrogen (secondary N) is 1. The van der Waals surface area contributed by atoms with Gasteiger partial charge in [-0.3, -0.25) is 14.4 Å². The Morgan fingerprint density at radius 1 is 1.32 bits per heavy atom. The Hall–Kier alpha value is -2.57. The van der Waals surface area contributed by atoms with Gasteiger partial charge in [0.2, 0.25) is 5.91 Å². The number of rotatable bonds is 5. The van der Waals surface area contributed by atoms with Crippen LogP contribution in [-0.4, -0.2) is 47.4 Å². The van der Waals surface area contributed by atoms with Gasteiger partial charge in [-0.1, -0.05) is 12.1 Å². The molecule has 0 spiro atoms. The summed E-state index contributed by atoms with van der Waals surface area (Å²) in [4.78, 5) is 36.0. The number of benzene rings is 1. The Kier molecular flexibility index (Phi) is 4.98. The van der Waals surface area contributed by atoms with Crippen LogP contribution in [0.5, 0.6) is 0 Å². The van der Waals surface area contributed by atoms with Crippen molar-refractivity contribution in [2.75, 3.05) is 25.0 Å². The number of hydrogen-bond donors (Lipinski definition) is 3. The molecule has 0 bridgehead atoms. The number of amides is 2. The minimum absolute atomic E-state index is 0.00334. The second kappa shape index (κ2) is 6.93. The predicted octanol–water partition coefficient (Wildman–Crippen LogP) is 0.521. The van der Waals surface area contributed by atoms with E-state index in [4.69, 9.17) is 10.8 Å². The summed E-state index contributed by atoms with van der Waals surface area (Å²) < 4.78 is 0. The summed E-state index contributed by atoms with van der Waals surface area (Å²) >= 11 is 0. The van der Waals surface area contributed by atoms with Gasteiger partial charge >= 0.3 is 5.97 Å². The van der Waals surface area contributed by atoms with Crippen molar-refractivity contribution in [2.24, 2.45) is 11.7 Å². The molecule has 1 aliphatic heterocycles. The van der Waals surface area contributed by atoms with E-state index in [0.29, 0.717) is 30.6 Å². The molecule has 1 fully saturated rings. The first-order valence-electron chi connectivity index (χ1n) is 7.12. The van der Waals surface area contributed by atoms with Gasteiger partial charge < -0.3 is 21.1 Å². The second-order valence-electron chi connectivity index (χ2n) is 5.28. The Balaban J connectivity index is 1.95. The highest BCUT2D eigenvalue weighted by atomic mass is 16.4. The number of para-hydroxylation sites is 1. The average molecular weight is 305 g/mol. The van der Waals surface area contributed by atoms with Gasteiger partial charge in [0.1, 0.15) is 0 Å². The van der Waals surface area contributed by atoms with E-state index >= 15 is 0 Å². The Morgan fingerprint density at radius 3 is 2.73 bits per heavy atom. The molecule has 4 N–H and O–H groups in total. The highest BCUT2D eigenvalue weighted by Gasteiger charge is 2.27. The van der Waals surface area contributed by atoms with Crippen molar-refractivity contribution in [1.29, 1.82) is 0 Å². The monoisotopic (exact) mass is 305 g/mol. The second-order valence-corrected chi connectivity index (χ2v) is 5.28. The molecule has 1 heterocycles. The molecular weight excluding hydrogens is 286 g/mol. The first-order chi connectivity index (χ1) is 10.5. The Morgan fingerprint density at radius 2 is 2.05 bits per heavy atom. The lowest BCUT2D eigenvalue weighted by Crippen LogP contribution is -2.44. The molecule has 2 rings (SSSR count). The standard InChI is InChI=1S/C15H19N3O4/c16-14(20)11-5-1-2-6-12(11)17-8-13(19)18-7-3-4-10(9-18)15(21)22/h1-2,5-6,10,17H,3-4,7-9H2,(H2,16,20)(H,21,22). The molecule has 1 atom stereocenters. The quantitative estimate of drug-likeness (QED) is 0.734. The smallest absolute Gasteiger partial charge is 0.308 e. The number of carboxylic acid groups (broad SMARTS) is 1. The molecule has 7 heteroatoms. The molecule has 1 aromatic carbocycles. The first kappa shape index (κ1) is 15.8. The summed E-state index contributed by atoms with van der Waals surface area (Å²) in [7, 11) is 0. The molecule has 1 aromatic rings. The molecular formula is C15H19N3O4. The van der Waals surface area contributed by atoms with Gasteiger partial charge in [0.25, 0.3) is 5.91 Å². The number of primary amides is 1. The molecule has 0 aromatic heterocycles. The van der Waals surface area contributed by atoms with Crippen molar-refractivity contribution in [2.45, 2.75) is 12.8 Å². The number of likely N-dealkylation sites (tertiary alicyclic amines) is 1. The van der Waals surface area contributed by atoms with Gasteiger partial charge in [-0.05, 0) is 25.0 Å². The minimum atomic E-state index is -0.871. The highest BCUT2D eigenvalue weighted by Crippen LogP contribution is 2.18. The number of carbonyl (C=O) groups is 3. The molecule has 0 radical (unpaired) electrons. The number of nitrogens with two attached hydrogens (primary N) is 1. The summed E-state index contributed by atoms with van der Waals surface area (Å²) in [6.45, 7) is 0.783. The van der Waals surface area contributed by atoms with Gasteiger partial charge in [0.05, 0.1) is 18.0 Å². The van der Waals surface area contributed by atoms with Gasteiger partial charge in [-0.2, -0.15) is 0 Å². The fourth-order valence-corrected chi connectivity index (χ4v) is 2.54. The van der Waals surface area contributed by atoms with Crippen LogP contribution >= 0.6 is 0 Å². The van der Waals surface area contributed by atoms with E-state index in [9.17, 15) is 14.4 Å². The summed E-state index contributed by atoms with van der Waals surface area (Å²) in [5.41, 5.74) is 6.09. The molecule has 0 aliphatic carbocycles.